The molecule has 5 rings (SSSR count). The summed E-state index contributed by atoms with van der Waals surface area (Å²) in [5.41, 5.74) is 0.225. The first-order valence-corrected chi connectivity index (χ1v) is 9.44. The highest BCUT2D eigenvalue weighted by Gasteiger charge is 2.49. The minimum atomic E-state index is -1.06. The van der Waals surface area contributed by atoms with Crippen molar-refractivity contribution in [3.8, 4) is 0 Å². The summed E-state index contributed by atoms with van der Waals surface area (Å²) < 4.78 is 14.8. The number of carbonyl (C=O) groups is 4. The standard InChI is InChI=1S/C19H19FN4O4/c20-11-2-1-10-14(15(11)23-8-7-21-19(9-23)5-6-19)18(28)24(17(10)27)12-3-4-13(25)22-16(12)26/h1-2,12,21H,3-9H2,(H,22,25,26). The van der Waals surface area contributed by atoms with Crippen LogP contribution in [0.2, 0.25) is 0 Å². The first-order chi connectivity index (χ1) is 13.4. The van der Waals surface area contributed by atoms with Crippen LogP contribution in [0.4, 0.5) is 10.1 Å². The lowest BCUT2D eigenvalue weighted by atomic mass is 10.0. The molecule has 3 aliphatic heterocycles. The number of hydrogen-bond donors (Lipinski definition) is 2. The van der Waals surface area contributed by atoms with E-state index in [0.717, 1.165) is 17.7 Å². The Morgan fingerprint density at radius 2 is 1.89 bits per heavy atom. The minimum absolute atomic E-state index is 0.0207. The van der Waals surface area contributed by atoms with Crippen LogP contribution in [-0.4, -0.2) is 59.7 Å². The number of nitrogens with one attached hydrogen (secondary N) is 2. The second kappa shape index (κ2) is 5.84. The van der Waals surface area contributed by atoms with Crippen molar-refractivity contribution >= 4 is 29.3 Å². The van der Waals surface area contributed by atoms with E-state index >= 15 is 0 Å². The average molecular weight is 386 g/mol. The normalized spacial score (nSPS) is 26.0. The quantitative estimate of drug-likeness (QED) is 0.703. The summed E-state index contributed by atoms with van der Waals surface area (Å²) >= 11 is 0. The Morgan fingerprint density at radius 3 is 2.61 bits per heavy atom. The maximum Gasteiger partial charge on any atom is 0.264 e. The van der Waals surface area contributed by atoms with Gasteiger partial charge >= 0.3 is 0 Å². The lowest BCUT2D eigenvalue weighted by Crippen LogP contribution is -2.54. The molecule has 1 aromatic rings. The molecule has 0 bridgehead atoms. The molecule has 1 aliphatic carbocycles. The summed E-state index contributed by atoms with van der Waals surface area (Å²) in [6.45, 7) is 1.76. The molecule has 4 amide bonds. The predicted octanol–water partition coefficient (Wildman–Crippen LogP) is 0.169. The lowest BCUT2D eigenvalue weighted by molar-refractivity contribution is -0.136. The summed E-state index contributed by atoms with van der Waals surface area (Å²) in [5.74, 6) is -2.95. The molecule has 4 aliphatic rings. The van der Waals surface area contributed by atoms with E-state index in [-0.39, 0.29) is 35.2 Å². The number of nitrogens with zero attached hydrogens (tertiary/aromatic N) is 2. The molecule has 1 aromatic carbocycles. The summed E-state index contributed by atoms with van der Waals surface area (Å²) in [6.07, 6.45) is 2.11. The molecule has 8 nitrogen and oxygen atoms in total. The summed E-state index contributed by atoms with van der Waals surface area (Å²) in [4.78, 5) is 52.4. The Bertz CT molecular complexity index is 942. The SMILES string of the molecule is O=C1CCC(N2C(=O)c3ccc(F)c(N4CCNC5(CC5)C4)c3C2=O)C(=O)N1. The third kappa shape index (κ3) is 2.46. The highest BCUT2D eigenvalue weighted by Crippen LogP contribution is 2.42. The highest BCUT2D eigenvalue weighted by atomic mass is 19.1. The van der Waals surface area contributed by atoms with Gasteiger partial charge in [-0.25, -0.2) is 4.39 Å². The van der Waals surface area contributed by atoms with Crippen LogP contribution in [0.25, 0.3) is 0 Å². The summed E-state index contributed by atoms with van der Waals surface area (Å²) in [7, 11) is 0. The summed E-state index contributed by atoms with van der Waals surface area (Å²) in [5, 5.41) is 5.60. The molecule has 0 aromatic heterocycles. The number of anilines is 1. The van der Waals surface area contributed by atoms with Crippen LogP contribution >= 0.6 is 0 Å². The fourth-order valence-electron chi connectivity index (χ4n) is 4.46. The van der Waals surface area contributed by atoms with Gasteiger partial charge in [-0.3, -0.25) is 29.4 Å². The van der Waals surface area contributed by atoms with E-state index in [2.05, 4.69) is 10.6 Å². The van der Waals surface area contributed by atoms with Gasteiger partial charge in [0.05, 0.1) is 16.8 Å². The number of imide groups is 2. The van der Waals surface area contributed by atoms with Crippen molar-refractivity contribution in [3.05, 3.63) is 29.1 Å². The van der Waals surface area contributed by atoms with Gasteiger partial charge in [-0.05, 0) is 31.4 Å². The van der Waals surface area contributed by atoms with E-state index in [1.165, 1.54) is 12.1 Å². The molecule has 146 valence electrons. The van der Waals surface area contributed by atoms with E-state index in [1.807, 2.05) is 4.90 Å². The Kier molecular flexibility index (Phi) is 3.61. The fraction of sp³-hybridized carbons (Fsp3) is 0.474. The van der Waals surface area contributed by atoms with Gasteiger partial charge in [0, 0.05) is 31.6 Å². The van der Waals surface area contributed by atoms with Gasteiger partial charge in [-0.2, -0.15) is 0 Å². The van der Waals surface area contributed by atoms with E-state index < -0.39 is 35.5 Å². The van der Waals surface area contributed by atoms with Crippen LogP contribution in [-0.2, 0) is 9.59 Å². The van der Waals surface area contributed by atoms with Gasteiger partial charge in [0.25, 0.3) is 11.8 Å². The Balaban J connectivity index is 1.54. The number of fused-ring (bicyclic) bond motifs is 1. The van der Waals surface area contributed by atoms with Crippen molar-refractivity contribution in [2.75, 3.05) is 24.5 Å². The first-order valence-electron chi connectivity index (χ1n) is 9.44. The van der Waals surface area contributed by atoms with Gasteiger partial charge in [-0.15, -0.1) is 0 Å². The Labute approximate surface area is 160 Å². The van der Waals surface area contributed by atoms with Crippen molar-refractivity contribution in [2.45, 2.75) is 37.3 Å². The van der Waals surface area contributed by atoms with Crippen LogP contribution in [0.5, 0.6) is 0 Å². The number of rotatable bonds is 2. The Morgan fingerprint density at radius 1 is 1.11 bits per heavy atom. The molecule has 1 unspecified atom stereocenters. The number of piperazine rings is 1. The van der Waals surface area contributed by atoms with Gasteiger partial charge in [0.15, 0.2) is 0 Å². The van der Waals surface area contributed by atoms with Gasteiger partial charge < -0.3 is 10.2 Å². The van der Waals surface area contributed by atoms with Crippen molar-refractivity contribution in [1.29, 1.82) is 0 Å². The number of piperidine rings is 1. The maximum atomic E-state index is 14.8. The van der Waals surface area contributed by atoms with E-state index in [9.17, 15) is 23.6 Å². The van der Waals surface area contributed by atoms with Gasteiger partial charge in [0.2, 0.25) is 11.8 Å². The zero-order chi connectivity index (χ0) is 19.6. The number of hydrogen-bond acceptors (Lipinski definition) is 6. The van der Waals surface area contributed by atoms with E-state index in [1.54, 1.807) is 0 Å². The van der Waals surface area contributed by atoms with E-state index in [4.69, 9.17) is 0 Å². The zero-order valence-corrected chi connectivity index (χ0v) is 15.1. The number of carbonyl (C=O) groups excluding carboxylic acids is 4. The largest absolute Gasteiger partial charge is 0.365 e. The number of amides is 4. The van der Waals surface area contributed by atoms with Crippen molar-refractivity contribution < 1.29 is 23.6 Å². The van der Waals surface area contributed by atoms with Crippen LogP contribution in [0.1, 0.15) is 46.4 Å². The van der Waals surface area contributed by atoms with Crippen LogP contribution in [0.3, 0.4) is 0 Å². The Hall–Kier alpha value is -2.81. The molecule has 1 spiro atoms. The molecular formula is C19H19FN4O4. The van der Waals surface area contributed by atoms with Crippen molar-refractivity contribution in [1.82, 2.24) is 15.5 Å². The van der Waals surface area contributed by atoms with Crippen molar-refractivity contribution in [2.24, 2.45) is 0 Å². The monoisotopic (exact) mass is 386 g/mol. The zero-order valence-electron chi connectivity index (χ0n) is 15.1. The molecule has 9 heteroatoms. The topological polar surface area (TPSA) is 98.8 Å². The minimum Gasteiger partial charge on any atom is -0.365 e. The smallest absolute Gasteiger partial charge is 0.264 e. The molecule has 2 saturated heterocycles. The van der Waals surface area contributed by atoms with Crippen LogP contribution in [0.15, 0.2) is 12.1 Å². The second-order valence-corrected chi connectivity index (χ2v) is 7.89. The van der Waals surface area contributed by atoms with Gasteiger partial charge in [0.1, 0.15) is 11.9 Å². The predicted molar refractivity (Wildman–Crippen MR) is 95.3 cm³/mol. The highest BCUT2D eigenvalue weighted by molar-refractivity contribution is 6.25. The van der Waals surface area contributed by atoms with Crippen LogP contribution in [0, 0.1) is 5.82 Å². The number of benzene rings is 1. The van der Waals surface area contributed by atoms with E-state index in [0.29, 0.717) is 19.6 Å². The third-order valence-corrected chi connectivity index (χ3v) is 6.08. The first kappa shape index (κ1) is 17.3. The number of halogens is 1. The van der Waals surface area contributed by atoms with Crippen molar-refractivity contribution in [3.63, 3.8) is 0 Å². The molecule has 2 N–H and O–H groups in total. The molecule has 1 saturated carbocycles. The summed E-state index contributed by atoms with van der Waals surface area (Å²) in [6, 6.07) is 1.45. The maximum absolute atomic E-state index is 14.8. The molecule has 3 fully saturated rings. The lowest BCUT2D eigenvalue weighted by Gasteiger charge is -2.36. The van der Waals surface area contributed by atoms with Crippen LogP contribution < -0.4 is 15.5 Å². The molecule has 1 atom stereocenters. The fourth-order valence-corrected chi connectivity index (χ4v) is 4.46. The molecule has 3 heterocycles. The molecule has 0 radical (unpaired) electrons. The molecular weight excluding hydrogens is 367 g/mol. The third-order valence-electron chi connectivity index (χ3n) is 6.08. The molecule has 28 heavy (non-hydrogen) atoms. The average Bonchev–Trinajstić information content (AvgIpc) is 3.35. The van der Waals surface area contributed by atoms with Gasteiger partial charge in [-0.1, -0.05) is 0 Å². The second-order valence-electron chi connectivity index (χ2n) is 7.89.